The highest BCUT2D eigenvalue weighted by Crippen LogP contribution is 2.08. The highest BCUT2D eigenvalue weighted by Gasteiger charge is 2.20. The number of nitrogens with one attached hydrogen (secondary N) is 2. The van der Waals surface area contributed by atoms with Crippen molar-refractivity contribution in [2.24, 2.45) is 0 Å². The molecule has 94 valence electrons. The molecule has 2 unspecified atom stereocenters. The van der Waals surface area contributed by atoms with Crippen LogP contribution < -0.4 is 10.6 Å². The van der Waals surface area contributed by atoms with E-state index in [0.29, 0.717) is 0 Å². The Hall–Kier alpha value is -0.610. The van der Waals surface area contributed by atoms with Crippen LogP contribution in [0.15, 0.2) is 0 Å². The molecule has 4 nitrogen and oxygen atoms in total. The standard InChI is InChI=1S/C12H24N2O2/c1-3-4-8-14-12(15)10(2)16-11-6-5-7-13-9-11/h10-11,13H,3-9H2,1-2H3,(H,14,15). The minimum absolute atomic E-state index is 0.0130. The summed E-state index contributed by atoms with van der Waals surface area (Å²) in [6.45, 7) is 6.63. The molecule has 1 rings (SSSR count). The van der Waals surface area contributed by atoms with Gasteiger partial charge in [0.15, 0.2) is 0 Å². The lowest BCUT2D eigenvalue weighted by atomic mass is 10.1. The number of ether oxygens (including phenoxy) is 1. The van der Waals surface area contributed by atoms with Crippen molar-refractivity contribution in [3.8, 4) is 0 Å². The van der Waals surface area contributed by atoms with Crippen LogP contribution in [0.25, 0.3) is 0 Å². The molecule has 0 aliphatic carbocycles. The maximum Gasteiger partial charge on any atom is 0.248 e. The fourth-order valence-corrected chi connectivity index (χ4v) is 1.82. The van der Waals surface area contributed by atoms with Crippen molar-refractivity contribution in [2.45, 2.75) is 51.7 Å². The predicted molar refractivity (Wildman–Crippen MR) is 64.4 cm³/mol. The Kier molecular flexibility index (Phi) is 6.42. The lowest BCUT2D eigenvalue weighted by molar-refractivity contribution is -0.135. The summed E-state index contributed by atoms with van der Waals surface area (Å²) >= 11 is 0. The zero-order valence-electron chi connectivity index (χ0n) is 10.4. The number of hydrogen-bond donors (Lipinski definition) is 2. The molecule has 2 N–H and O–H groups in total. The van der Waals surface area contributed by atoms with Crippen LogP contribution >= 0.6 is 0 Å². The largest absolute Gasteiger partial charge is 0.364 e. The summed E-state index contributed by atoms with van der Waals surface area (Å²) in [5, 5.41) is 6.16. The molecule has 1 heterocycles. The number of carbonyl (C=O) groups excluding carboxylic acids is 1. The molecule has 16 heavy (non-hydrogen) atoms. The molecular formula is C12H24N2O2. The average molecular weight is 228 g/mol. The van der Waals surface area contributed by atoms with Crippen LogP contribution in [0.3, 0.4) is 0 Å². The van der Waals surface area contributed by atoms with E-state index in [-0.39, 0.29) is 18.1 Å². The maximum absolute atomic E-state index is 11.6. The second kappa shape index (κ2) is 7.63. The summed E-state index contributed by atoms with van der Waals surface area (Å²) in [5.41, 5.74) is 0. The Bertz CT molecular complexity index is 203. The molecule has 0 aromatic heterocycles. The van der Waals surface area contributed by atoms with Gasteiger partial charge in [-0.1, -0.05) is 13.3 Å². The van der Waals surface area contributed by atoms with Crippen LogP contribution in [0.1, 0.15) is 39.5 Å². The monoisotopic (exact) mass is 228 g/mol. The summed E-state index contributed by atoms with van der Waals surface area (Å²) in [6, 6.07) is 0. The SMILES string of the molecule is CCCCNC(=O)C(C)OC1CCCNC1. The number of piperidine rings is 1. The lowest BCUT2D eigenvalue weighted by Crippen LogP contribution is -2.42. The van der Waals surface area contributed by atoms with Gasteiger partial charge in [0.05, 0.1) is 6.10 Å². The van der Waals surface area contributed by atoms with E-state index < -0.39 is 0 Å². The van der Waals surface area contributed by atoms with Crippen molar-refractivity contribution in [1.82, 2.24) is 10.6 Å². The van der Waals surface area contributed by atoms with E-state index in [1.54, 1.807) is 0 Å². The zero-order valence-corrected chi connectivity index (χ0v) is 10.4. The van der Waals surface area contributed by atoms with Gasteiger partial charge in [0.1, 0.15) is 6.10 Å². The van der Waals surface area contributed by atoms with Gasteiger partial charge in [-0.15, -0.1) is 0 Å². The molecule has 1 amide bonds. The molecule has 1 aliphatic rings. The van der Waals surface area contributed by atoms with E-state index in [2.05, 4.69) is 17.6 Å². The normalized spacial score (nSPS) is 22.8. The van der Waals surface area contributed by atoms with Crippen LogP contribution in [0.2, 0.25) is 0 Å². The third kappa shape index (κ3) is 4.94. The second-order valence-corrected chi connectivity index (χ2v) is 4.39. The highest BCUT2D eigenvalue weighted by atomic mass is 16.5. The minimum atomic E-state index is -0.332. The van der Waals surface area contributed by atoms with Crippen LogP contribution in [0.4, 0.5) is 0 Å². The van der Waals surface area contributed by atoms with Crippen molar-refractivity contribution in [2.75, 3.05) is 19.6 Å². The molecule has 0 saturated carbocycles. The molecule has 0 aromatic rings. The van der Waals surface area contributed by atoms with Gasteiger partial charge in [-0.2, -0.15) is 0 Å². The van der Waals surface area contributed by atoms with Crippen LogP contribution in [0.5, 0.6) is 0 Å². The Morgan fingerprint density at radius 2 is 2.44 bits per heavy atom. The predicted octanol–water partition coefficient (Wildman–Crippen LogP) is 1.06. The smallest absolute Gasteiger partial charge is 0.248 e. The molecule has 1 fully saturated rings. The number of amides is 1. The molecule has 1 aliphatic heterocycles. The quantitative estimate of drug-likeness (QED) is 0.668. The molecule has 0 radical (unpaired) electrons. The van der Waals surface area contributed by atoms with Gasteiger partial charge < -0.3 is 15.4 Å². The fraction of sp³-hybridized carbons (Fsp3) is 0.917. The Morgan fingerprint density at radius 1 is 1.62 bits per heavy atom. The summed E-state index contributed by atoms with van der Waals surface area (Å²) in [4.78, 5) is 11.6. The molecule has 1 saturated heterocycles. The van der Waals surface area contributed by atoms with Crippen molar-refractivity contribution in [3.05, 3.63) is 0 Å². The third-order valence-electron chi connectivity index (χ3n) is 2.85. The Labute approximate surface area is 98.1 Å². The summed E-state index contributed by atoms with van der Waals surface area (Å²) in [7, 11) is 0. The average Bonchev–Trinajstić information content (AvgIpc) is 2.30. The first kappa shape index (κ1) is 13.5. The Morgan fingerprint density at radius 3 is 3.06 bits per heavy atom. The molecular weight excluding hydrogens is 204 g/mol. The lowest BCUT2D eigenvalue weighted by Gasteiger charge is -2.25. The third-order valence-corrected chi connectivity index (χ3v) is 2.85. The van der Waals surface area contributed by atoms with Crippen LogP contribution in [0, 0.1) is 0 Å². The zero-order chi connectivity index (χ0) is 11.8. The maximum atomic E-state index is 11.6. The molecule has 0 aromatic carbocycles. The van der Waals surface area contributed by atoms with E-state index in [9.17, 15) is 4.79 Å². The summed E-state index contributed by atoms with van der Waals surface area (Å²) < 4.78 is 5.71. The Balaban J connectivity index is 2.16. The molecule has 2 atom stereocenters. The van der Waals surface area contributed by atoms with Gasteiger partial charge in [-0.05, 0) is 32.7 Å². The van der Waals surface area contributed by atoms with Crippen molar-refractivity contribution < 1.29 is 9.53 Å². The molecule has 0 spiro atoms. The van der Waals surface area contributed by atoms with Gasteiger partial charge in [0.2, 0.25) is 5.91 Å². The first-order valence-corrected chi connectivity index (χ1v) is 6.38. The first-order valence-electron chi connectivity index (χ1n) is 6.38. The van der Waals surface area contributed by atoms with Crippen molar-refractivity contribution in [3.63, 3.8) is 0 Å². The van der Waals surface area contributed by atoms with Crippen LogP contribution in [-0.4, -0.2) is 37.7 Å². The van der Waals surface area contributed by atoms with Crippen LogP contribution in [-0.2, 0) is 9.53 Å². The van der Waals surface area contributed by atoms with Crippen molar-refractivity contribution in [1.29, 1.82) is 0 Å². The number of hydrogen-bond acceptors (Lipinski definition) is 3. The van der Waals surface area contributed by atoms with Gasteiger partial charge in [-0.3, -0.25) is 4.79 Å². The summed E-state index contributed by atoms with van der Waals surface area (Å²) in [6.07, 6.45) is 4.18. The van der Waals surface area contributed by atoms with E-state index >= 15 is 0 Å². The van der Waals surface area contributed by atoms with Gasteiger partial charge >= 0.3 is 0 Å². The van der Waals surface area contributed by atoms with Gasteiger partial charge in [-0.25, -0.2) is 0 Å². The van der Waals surface area contributed by atoms with Crippen molar-refractivity contribution >= 4 is 5.91 Å². The molecule has 4 heteroatoms. The minimum Gasteiger partial charge on any atom is -0.364 e. The van der Waals surface area contributed by atoms with E-state index in [0.717, 1.165) is 45.3 Å². The number of rotatable bonds is 6. The van der Waals surface area contributed by atoms with E-state index in [1.165, 1.54) is 0 Å². The first-order chi connectivity index (χ1) is 7.74. The van der Waals surface area contributed by atoms with Gasteiger partial charge in [0.25, 0.3) is 0 Å². The fourth-order valence-electron chi connectivity index (χ4n) is 1.82. The summed E-state index contributed by atoms with van der Waals surface area (Å²) in [5.74, 6) is 0.0130. The van der Waals surface area contributed by atoms with Gasteiger partial charge in [0, 0.05) is 13.1 Å². The number of unbranched alkanes of at least 4 members (excludes halogenated alkanes) is 1. The second-order valence-electron chi connectivity index (χ2n) is 4.39. The topological polar surface area (TPSA) is 50.4 Å². The number of carbonyl (C=O) groups is 1. The van der Waals surface area contributed by atoms with E-state index in [4.69, 9.17) is 4.74 Å². The highest BCUT2D eigenvalue weighted by molar-refractivity contribution is 5.80. The van der Waals surface area contributed by atoms with E-state index in [1.807, 2.05) is 6.92 Å². The molecule has 0 bridgehead atoms.